The summed E-state index contributed by atoms with van der Waals surface area (Å²) < 4.78 is 0. The summed E-state index contributed by atoms with van der Waals surface area (Å²) in [6.45, 7) is 3.09. The number of hydrogen-bond donors (Lipinski definition) is 2. The third-order valence-electron chi connectivity index (χ3n) is 5.39. The van der Waals surface area contributed by atoms with Crippen molar-refractivity contribution in [1.82, 2.24) is 15.1 Å². The number of nitrogens with one attached hydrogen (secondary N) is 1. The van der Waals surface area contributed by atoms with E-state index in [-0.39, 0.29) is 49.3 Å². The van der Waals surface area contributed by atoms with Gasteiger partial charge in [0.1, 0.15) is 0 Å². The lowest BCUT2D eigenvalue weighted by Crippen LogP contribution is -2.46. The highest BCUT2D eigenvalue weighted by Gasteiger charge is 2.34. The molecule has 2 aliphatic heterocycles. The van der Waals surface area contributed by atoms with E-state index < -0.39 is 0 Å². The van der Waals surface area contributed by atoms with E-state index in [9.17, 15) is 14.7 Å². The molecule has 2 atom stereocenters. The summed E-state index contributed by atoms with van der Waals surface area (Å²) >= 11 is 0. The molecule has 27 heavy (non-hydrogen) atoms. The standard InChI is InChI=1S/C20H29N3O3.ClH/c24-12-11-22-13-17(16-7-3-1-4-8-16)18(14-22)21-19(25)15-23-10-6-2-5-9-20(23)26;/h1,3-4,7-8,17-18,24H,2,5-6,9-15H2,(H,21,25);1H/t17-,18+;/m1./s1. The minimum Gasteiger partial charge on any atom is -0.395 e. The molecule has 7 heteroatoms. The van der Waals surface area contributed by atoms with E-state index in [1.807, 2.05) is 18.2 Å². The lowest BCUT2D eigenvalue weighted by molar-refractivity contribution is -0.135. The number of aliphatic hydroxyl groups is 1. The number of hydrogen-bond acceptors (Lipinski definition) is 4. The van der Waals surface area contributed by atoms with Gasteiger partial charge in [-0.1, -0.05) is 36.8 Å². The molecule has 0 saturated carbocycles. The zero-order chi connectivity index (χ0) is 18.4. The van der Waals surface area contributed by atoms with Crippen LogP contribution in [-0.4, -0.2) is 72.1 Å². The smallest absolute Gasteiger partial charge is 0.239 e. The first kappa shape index (κ1) is 21.7. The van der Waals surface area contributed by atoms with Crippen LogP contribution >= 0.6 is 12.4 Å². The van der Waals surface area contributed by atoms with Gasteiger partial charge in [-0.05, 0) is 18.4 Å². The third kappa shape index (κ3) is 5.92. The van der Waals surface area contributed by atoms with Gasteiger partial charge in [0.25, 0.3) is 0 Å². The number of amides is 2. The Morgan fingerprint density at radius 3 is 2.67 bits per heavy atom. The van der Waals surface area contributed by atoms with Crippen LogP contribution in [0.4, 0.5) is 0 Å². The number of nitrogens with zero attached hydrogens (tertiary/aromatic N) is 2. The Morgan fingerprint density at radius 2 is 1.93 bits per heavy atom. The van der Waals surface area contributed by atoms with Crippen LogP contribution in [0.25, 0.3) is 0 Å². The fourth-order valence-corrected chi connectivity index (χ4v) is 4.03. The van der Waals surface area contributed by atoms with Crippen LogP contribution in [0, 0.1) is 0 Å². The Hall–Kier alpha value is -1.63. The van der Waals surface area contributed by atoms with Crippen LogP contribution in [0.5, 0.6) is 0 Å². The SMILES string of the molecule is Cl.O=C(CN1CCCCCC1=O)N[C@H]1CN(CCO)C[C@@H]1c1ccccc1. The molecule has 0 bridgehead atoms. The summed E-state index contributed by atoms with van der Waals surface area (Å²) in [5, 5.41) is 12.4. The lowest BCUT2D eigenvalue weighted by atomic mass is 9.94. The largest absolute Gasteiger partial charge is 0.395 e. The number of β-amino-alcohol motifs (C(OH)–C–C–N with tert-alkyl or cyclic N) is 1. The van der Waals surface area contributed by atoms with Crippen molar-refractivity contribution in [1.29, 1.82) is 0 Å². The van der Waals surface area contributed by atoms with Crippen molar-refractivity contribution in [2.45, 2.75) is 37.6 Å². The van der Waals surface area contributed by atoms with E-state index in [4.69, 9.17) is 0 Å². The van der Waals surface area contributed by atoms with Crippen LogP contribution < -0.4 is 5.32 Å². The number of halogens is 1. The predicted octanol–water partition coefficient (Wildman–Crippen LogP) is 1.39. The Morgan fingerprint density at radius 1 is 1.15 bits per heavy atom. The molecule has 2 N–H and O–H groups in total. The zero-order valence-electron chi connectivity index (χ0n) is 15.7. The molecule has 2 amide bonds. The van der Waals surface area contributed by atoms with Gasteiger partial charge in [0, 0.05) is 44.6 Å². The van der Waals surface area contributed by atoms with E-state index >= 15 is 0 Å². The van der Waals surface area contributed by atoms with Gasteiger partial charge < -0.3 is 15.3 Å². The number of benzene rings is 1. The molecule has 2 fully saturated rings. The maximum atomic E-state index is 12.6. The van der Waals surface area contributed by atoms with Gasteiger partial charge in [0.15, 0.2) is 0 Å². The summed E-state index contributed by atoms with van der Waals surface area (Å²) in [6, 6.07) is 10.2. The Labute approximate surface area is 167 Å². The molecule has 150 valence electrons. The van der Waals surface area contributed by atoms with Crippen LogP contribution in [0.15, 0.2) is 30.3 Å². The second-order valence-electron chi connectivity index (χ2n) is 7.30. The van der Waals surface area contributed by atoms with E-state index in [0.717, 1.165) is 32.4 Å². The molecule has 0 aliphatic carbocycles. The molecular formula is C20H30ClN3O3. The van der Waals surface area contributed by atoms with Crippen LogP contribution in [0.2, 0.25) is 0 Å². The van der Waals surface area contributed by atoms with Crippen molar-refractivity contribution in [2.75, 3.05) is 39.3 Å². The molecule has 1 aromatic carbocycles. The molecule has 0 radical (unpaired) electrons. The molecule has 1 aromatic rings. The maximum Gasteiger partial charge on any atom is 0.239 e. The average Bonchev–Trinajstić information content (AvgIpc) is 2.92. The number of carbonyl (C=O) groups excluding carboxylic acids is 2. The second-order valence-corrected chi connectivity index (χ2v) is 7.30. The fraction of sp³-hybridized carbons (Fsp3) is 0.600. The highest BCUT2D eigenvalue weighted by molar-refractivity contribution is 5.85. The summed E-state index contributed by atoms with van der Waals surface area (Å²) in [7, 11) is 0. The summed E-state index contributed by atoms with van der Waals surface area (Å²) in [5.41, 5.74) is 1.20. The van der Waals surface area contributed by atoms with Crippen molar-refractivity contribution < 1.29 is 14.7 Å². The molecular weight excluding hydrogens is 366 g/mol. The van der Waals surface area contributed by atoms with Gasteiger partial charge in [-0.25, -0.2) is 0 Å². The number of rotatable bonds is 6. The highest BCUT2D eigenvalue weighted by atomic mass is 35.5. The average molecular weight is 396 g/mol. The molecule has 2 aliphatic rings. The van der Waals surface area contributed by atoms with E-state index in [0.29, 0.717) is 19.5 Å². The Bertz CT molecular complexity index is 614. The third-order valence-corrected chi connectivity index (χ3v) is 5.39. The van der Waals surface area contributed by atoms with Crippen molar-refractivity contribution >= 4 is 24.2 Å². The summed E-state index contributed by atoms with van der Waals surface area (Å²) in [6.07, 6.45) is 3.50. The minimum absolute atomic E-state index is 0. The second kappa shape index (κ2) is 10.6. The maximum absolute atomic E-state index is 12.6. The van der Waals surface area contributed by atoms with Crippen LogP contribution in [0.3, 0.4) is 0 Å². The Kier molecular flexibility index (Phi) is 8.54. The van der Waals surface area contributed by atoms with Gasteiger partial charge in [-0.15, -0.1) is 12.4 Å². The predicted molar refractivity (Wildman–Crippen MR) is 107 cm³/mol. The molecule has 2 heterocycles. The van der Waals surface area contributed by atoms with Gasteiger partial charge >= 0.3 is 0 Å². The van der Waals surface area contributed by atoms with Crippen molar-refractivity contribution in [3.8, 4) is 0 Å². The zero-order valence-corrected chi connectivity index (χ0v) is 16.5. The molecule has 0 unspecified atom stereocenters. The van der Waals surface area contributed by atoms with Gasteiger partial charge in [-0.3, -0.25) is 14.5 Å². The minimum atomic E-state index is -0.0861. The molecule has 3 rings (SSSR count). The van der Waals surface area contributed by atoms with Gasteiger partial charge in [0.05, 0.1) is 13.2 Å². The fourth-order valence-electron chi connectivity index (χ4n) is 4.03. The van der Waals surface area contributed by atoms with Crippen molar-refractivity contribution in [2.24, 2.45) is 0 Å². The van der Waals surface area contributed by atoms with Crippen LogP contribution in [-0.2, 0) is 9.59 Å². The topological polar surface area (TPSA) is 72.9 Å². The first-order valence-electron chi connectivity index (χ1n) is 9.62. The first-order valence-corrected chi connectivity index (χ1v) is 9.62. The summed E-state index contributed by atoms with van der Waals surface area (Å²) in [4.78, 5) is 28.6. The van der Waals surface area contributed by atoms with Gasteiger partial charge in [0.2, 0.25) is 11.8 Å². The molecule has 0 aromatic heterocycles. The molecule has 0 spiro atoms. The van der Waals surface area contributed by atoms with Crippen molar-refractivity contribution in [3.63, 3.8) is 0 Å². The highest BCUT2D eigenvalue weighted by Crippen LogP contribution is 2.27. The number of aliphatic hydroxyl groups excluding tert-OH is 1. The first-order chi connectivity index (χ1) is 12.7. The van der Waals surface area contributed by atoms with E-state index in [2.05, 4.69) is 22.3 Å². The van der Waals surface area contributed by atoms with E-state index in [1.54, 1.807) is 4.90 Å². The Balaban J connectivity index is 0.00000261. The molecule has 2 saturated heterocycles. The van der Waals surface area contributed by atoms with E-state index in [1.165, 1.54) is 5.56 Å². The quantitative estimate of drug-likeness (QED) is 0.763. The van der Waals surface area contributed by atoms with Gasteiger partial charge in [-0.2, -0.15) is 0 Å². The van der Waals surface area contributed by atoms with Crippen LogP contribution in [0.1, 0.15) is 37.2 Å². The number of carbonyl (C=O) groups is 2. The number of likely N-dealkylation sites (tertiary alicyclic amines) is 2. The normalized spacial score (nSPS) is 23.6. The monoisotopic (exact) mass is 395 g/mol. The van der Waals surface area contributed by atoms with Crippen molar-refractivity contribution in [3.05, 3.63) is 35.9 Å². The lowest BCUT2D eigenvalue weighted by Gasteiger charge is -2.24. The molecule has 6 nitrogen and oxygen atoms in total. The summed E-state index contributed by atoms with van der Waals surface area (Å²) in [5.74, 6) is 0.203.